The average molecular weight is 347 g/mol. The summed E-state index contributed by atoms with van der Waals surface area (Å²) in [5.41, 5.74) is 1.63. The highest BCUT2D eigenvalue weighted by atomic mass is 32.1. The molecule has 0 atom stereocenters. The van der Waals surface area contributed by atoms with Gasteiger partial charge in [0, 0.05) is 29.6 Å². The number of aromatic nitrogens is 4. The topological polar surface area (TPSA) is 67.4 Å². The maximum atomic E-state index is 9.64. The lowest BCUT2D eigenvalue weighted by Crippen LogP contribution is -2.05. The van der Waals surface area contributed by atoms with E-state index in [4.69, 9.17) is 0 Å². The molecule has 0 amide bonds. The van der Waals surface area contributed by atoms with E-state index in [9.17, 15) is 5.26 Å². The minimum Gasteiger partial charge on any atom is -0.310 e. The Hall–Kier alpha value is -2.78. The third-order valence-corrected chi connectivity index (χ3v) is 5.30. The van der Waals surface area contributed by atoms with Crippen LogP contribution in [0.25, 0.3) is 22.2 Å². The van der Waals surface area contributed by atoms with E-state index in [1.807, 2.05) is 42.6 Å². The third-order valence-electron chi connectivity index (χ3n) is 4.30. The van der Waals surface area contributed by atoms with Crippen LogP contribution in [0.15, 0.2) is 36.5 Å². The van der Waals surface area contributed by atoms with Gasteiger partial charge in [-0.1, -0.05) is 36.8 Å². The summed E-state index contributed by atoms with van der Waals surface area (Å²) in [6, 6.07) is 12.4. The lowest BCUT2D eigenvalue weighted by atomic mass is 10.2. The van der Waals surface area contributed by atoms with Gasteiger partial charge in [-0.3, -0.25) is 0 Å². The van der Waals surface area contributed by atoms with E-state index in [0.717, 1.165) is 47.1 Å². The van der Waals surface area contributed by atoms with Crippen molar-refractivity contribution in [2.45, 2.75) is 32.2 Å². The number of rotatable bonds is 3. The van der Waals surface area contributed by atoms with Crippen LogP contribution in [0.3, 0.4) is 0 Å². The Labute approximate surface area is 150 Å². The van der Waals surface area contributed by atoms with Gasteiger partial charge in [0.15, 0.2) is 5.82 Å². The molecule has 1 aromatic carbocycles. The molecule has 0 radical (unpaired) electrons. The van der Waals surface area contributed by atoms with Crippen LogP contribution < -0.4 is 0 Å². The van der Waals surface area contributed by atoms with E-state index in [-0.39, 0.29) is 0 Å². The fourth-order valence-electron chi connectivity index (χ4n) is 3.04. The van der Waals surface area contributed by atoms with Gasteiger partial charge in [0.25, 0.3) is 0 Å². The zero-order valence-electron chi connectivity index (χ0n) is 13.7. The summed E-state index contributed by atoms with van der Waals surface area (Å²) in [7, 11) is 0. The van der Waals surface area contributed by atoms with Crippen molar-refractivity contribution < 1.29 is 0 Å². The second-order valence-electron chi connectivity index (χ2n) is 6.01. The molecule has 0 spiro atoms. The number of nitriles is 1. The summed E-state index contributed by atoms with van der Waals surface area (Å²) in [6.45, 7) is 0.884. The average Bonchev–Trinajstić information content (AvgIpc) is 3.21. The molecule has 0 unspecified atom stereocenters. The molecule has 2 aromatic heterocycles. The van der Waals surface area contributed by atoms with Crippen molar-refractivity contribution in [3.8, 4) is 16.6 Å². The predicted molar refractivity (Wildman–Crippen MR) is 98.6 cm³/mol. The first-order valence-corrected chi connectivity index (χ1v) is 9.22. The van der Waals surface area contributed by atoms with E-state index in [0.29, 0.717) is 11.4 Å². The van der Waals surface area contributed by atoms with Crippen molar-refractivity contribution in [2.24, 2.45) is 0 Å². The standard InChI is InChI=1S/C19H17N5S/c20-12-15(18-23-22-17-9-5-2-6-10-24(17)18)11-16-13-21-19(25-16)14-7-3-1-4-8-14/h1,3-4,7-8,11,13H,2,5-6,9-10H2. The summed E-state index contributed by atoms with van der Waals surface area (Å²) in [4.78, 5) is 5.43. The van der Waals surface area contributed by atoms with E-state index < -0.39 is 0 Å². The maximum Gasteiger partial charge on any atom is 0.174 e. The predicted octanol–water partition coefficient (Wildman–Crippen LogP) is 4.19. The highest BCUT2D eigenvalue weighted by Gasteiger charge is 2.18. The van der Waals surface area contributed by atoms with Gasteiger partial charge < -0.3 is 4.57 Å². The van der Waals surface area contributed by atoms with Crippen LogP contribution >= 0.6 is 11.3 Å². The van der Waals surface area contributed by atoms with E-state index in [2.05, 4.69) is 25.8 Å². The van der Waals surface area contributed by atoms with Crippen LogP contribution in [0.5, 0.6) is 0 Å². The fraction of sp³-hybridized carbons (Fsp3) is 0.263. The normalized spacial score (nSPS) is 14.6. The molecule has 0 fully saturated rings. The van der Waals surface area contributed by atoms with Crippen LogP contribution in [0.2, 0.25) is 0 Å². The minimum absolute atomic E-state index is 0.545. The zero-order chi connectivity index (χ0) is 17.1. The van der Waals surface area contributed by atoms with Gasteiger partial charge in [0.1, 0.15) is 16.9 Å². The number of hydrogen-bond donors (Lipinski definition) is 0. The Morgan fingerprint density at radius 1 is 1.16 bits per heavy atom. The molecule has 0 saturated carbocycles. The molecule has 6 heteroatoms. The number of allylic oxidation sites excluding steroid dienone is 1. The van der Waals surface area contributed by atoms with Crippen LogP contribution in [-0.4, -0.2) is 19.7 Å². The van der Waals surface area contributed by atoms with Crippen LogP contribution in [0, 0.1) is 11.3 Å². The molecule has 0 N–H and O–H groups in total. The van der Waals surface area contributed by atoms with Crippen LogP contribution in [0.1, 0.15) is 35.8 Å². The molecule has 1 aliphatic rings. The summed E-state index contributed by atoms with van der Waals surface area (Å²) in [5, 5.41) is 19.2. The van der Waals surface area contributed by atoms with Crippen molar-refractivity contribution in [1.82, 2.24) is 19.7 Å². The molecular formula is C19H17N5S. The van der Waals surface area contributed by atoms with E-state index >= 15 is 0 Å². The van der Waals surface area contributed by atoms with Gasteiger partial charge in [-0.2, -0.15) is 5.26 Å². The summed E-state index contributed by atoms with van der Waals surface area (Å²) in [5.74, 6) is 1.66. The maximum absolute atomic E-state index is 9.64. The van der Waals surface area contributed by atoms with E-state index in [1.165, 1.54) is 6.42 Å². The van der Waals surface area contributed by atoms with Gasteiger partial charge in [-0.15, -0.1) is 21.5 Å². The summed E-state index contributed by atoms with van der Waals surface area (Å²) >= 11 is 1.57. The number of aryl methyl sites for hydroxylation is 1. The quantitative estimate of drug-likeness (QED) is 0.666. The first-order valence-electron chi connectivity index (χ1n) is 8.40. The smallest absolute Gasteiger partial charge is 0.174 e. The second kappa shape index (κ2) is 6.99. The lowest BCUT2D eigenvalue weighted by molar-refractivity contribution is 0.627. The van der Waals surface area contributed by atoms with Gasteiger partial charge in [0.2, 0.25) is 0 Å². The molecule has 0 aliphatic carbocycles. The largest absolute Gasteiger partial charge is 0.310 e. The Morgan fingerprint density at radius 3 is 2.88 bits per heavy atom. The second-order valence-corrected chi connectivity index (χ2v) is 7.07. The van der Waals surface area contributed by atoms with Gasteiger partial charge in [-0.05, 0) is 18.9 Å². The Morgan fingerprint density at radius 2 is 2.04 bits per heavy atom. The molecule has 5 nitrogen and oxygen atoms in total. The molecule has 3 heterocycles. The van der Waals surface area contributed by atoms with Crippen molar-refractivity contribution >= 4 is 23.0 Å². The first kappa shape index (κ1) is 15.7. The Balaban J connectivity index is 1.67. The number of benzene rings is 1. The van der Waals surface area contributed by atoms with Gasteiger partial charge >= 0.3 is 0 Å². The molecule has 1 aliphatic heterocycles. The Bertz CT molecular complexity index is 946. The summed E-state index contributed by atoms with van der Waals surface area (Å²) < 4.78 is 2.10. The Kier molecular flexibility index (Phi) is 4.40. The number of nitrogens with zero attached hydrogens (tertiary/aromatic N) is 5. The first-order chi connectivity index (χ1) is 12.3. The fourth-order valence-corrected chi connectivity index (χ4v) is 3.91. The third kappa shape index (κ3) is 3.24. The minimum atomic E-state index is 0.545. The van der Waals surface area contributed by atoms with Gasteiger partial charge in [0.05, 0.1) is 5.57 Å². The van der Waals surface area contributed by atoms with Gasteiger partial charge in [-0.25, -0.2) is 4.98 Å². The molecule has 124 valence electrons. The number of thiazole rings is 1. The molecule has 25 heavy (non-hydrogen) atoms. The van der Waals surface area contributed by atoms with E-state index in [1.54, 1.807) is 11.3 Å². The highest BCUT2D eigenvalue weighted by Crippen LogP contribution is 2.28. The van der Waals surface area contributed by atoms with Crippen molar-refractivity contribution in [3.63, 3.8) is 0 Å². The lowest BCUT2D eigenvalue weighted by Gasteiger charge is -2.05. The molecule has 4 rings (SSSR count). The highest BCUT2D eigenvalue weighted by molar-refractivity contribution is 7.15. The molecular weight excluding hydrogens is 330 g/mol. The molecule has 0 saturated heterocycles. The SMILES string of the molecule is N#CC(=Cc1cnc(-c2ccccc2)s1)c1nnc2n1CCCCC2. The molecule has 3 aromatic rings. The van der Waals surface area contributed by atoms with Crippen molar-refractivity contribution in [2.75, 3.05) is 0 Å². The van der Waals surface area contributed by atoms with Crippen LogP contribution in [0.4, 0.5) is 0 Å². The van der Waals surface area contributed by atoms with Crippen molar-refractivity contribution in [1.29, 1.82) is 5.26 Å². The van der Waals surface area contributed by atoms with Crippen molar-refractivity contribution in [3.05, 3.63) is 53.1 Å². The number of fused-ring (bicyclic) bond motifs is 1. The summed E-state index contributed by atoms with van der Waals surface area (Å²) in [6.07, 6.45) is 8.05. The monoisotopic (exact) mass is 347 g/mol. The number of hydrogen-bond acceptors (Lipinski definition) is 5. The molecule has 0 bridgehead atoms. The van der Waals surface area contributed by atoms with Crippen LogP contribution in [-0.2, 0) is 13.0 Å². The zero-order valence-corrected chi connectivity index (χ0v) is 14.5.